The van der Waals surface area contributed by atoms with E-state index in [0.717, 1.165) is 125 Å². The number of rotatable bonds is 10. The fourth-order valence-corrected chi connectivity index (χ4v) is 12.8. The van der Waals surface area contributed by atoms with E-state index >= 15 is 0 Å². The molecule has 0 unspecified atom stereocenters. The van der Waals surface area contributed by atoms with Gasteiger partial charge in [0.15, 0.2) is 11.4 Å². The maximum atomic E-state index is 12.3. The predicted octanol–water partition coefficient (Wildman–Crippen LogP) is 15.7. The molecule has 0 N–H and O–H groups in total. The molecule has 2 heterocycles. The lowest BCUT2D eigenvalue weighted by Crippen LogP contribution is -2.33. The molecule has 0 radical (unpaired) electrons. The summed E-state index contributed by atoms with van der Waals surface area (Å²) < 4.78 is 59.3. The lowest BCUT2D eigenvalue weighted by atomic mass is 10.1. The van der Waals surface area contributed by atoms with Crippen molar-refractivity contribution in [2.45, 2.75) is 52.4 Å². The quantitative estimate of drug-likeness (QED) is 0.0553. The van der Waals surface area contributed by atoms with Crippen molar-refractivity contribution in [3.63, 3.8) is 0 Å². The molecule has 21 heteroatoms. The maximum absolute atomic E-state index is 12.3. The number of nitrogens with zero attached hydrogens (tertiary/aromatic N) is 6. The first-order valence-electron chi connectivity index (χ1n) is 38.1. The van der Waals surface area contributed by atoms with Gasteiger partial charge >= 0.3 is 11.9 Å². The van der Waals surface area contributed by atoms with E-state index in [-0.39, 0.29) is 11.9 Å². The summed E-state index contributed by atoms with van der Waals surface area (Å²) in [7, 11) is -3.71. The summed E-state index contributed by atoms with van der Waals surface area (Å²) in [5.41, 5.74) is 13.2. The van der Waals surface area contributed by atoms with Crippen LogP contribution in [0.15, 0.2) is 194 Å². The molecule has 2 fully saturated rings. The summed E-state index contributed by atoms with van der Waals surface area (Å²) in [5, 5.41) is 0. The van der Waals surface area contributed by atoms with E-state index in [1.165, 1.54) is 5.56 Å². The molecule has 2 aliphatic rings. The Hall–Kier alpha value is -9.72. The molecule has 0 amide bonds. The Balaban J connectivity index is 0.000000247. The average molecular weight is 1670 g/mol. The van der Waals surface area contributed by atoms with Gasteiger partial charge in [0.05, 0.1) is 130 Å². The highest BCUT2D eigenvalue weighted by molar-refractivity contribution is 14.1. The van der Waals surface area contributed by atoms with Gasteiger partial charge in [0.1, 0.15) is 0 Å². The van der Waals surface area contributed by atoms with Crippen molar-refractivity contribution in [2.75, 3.05) is 168 Å². The fourth-order valence-electron chi connectivity index (χ4n) is 11.1. The molecule has 2 aliphatic heterocycles. The Labute approximate surface area is 685 Å². The molecule has 0 saturated carbocycles. The Bertz CT molecular complexity index is 4470. The van der Waals surface area contributed by atoms with Gasteiger partial charge < -0.3 is 56.5 Å². The highest BCUT2D eigenvalue weighted by atomic mass is 127. The van der Waals surface area contributed by atoms with Gasteiger partial charge in [-0.25, -0.2) is 19.3 Å². The van der Waals surface area contributed by atoms with Gasteiger partial charge in [-0.1, -0.05) is 90.0 Å². The zero-order valence-electron chi connectivity index (χ0n) is 65.9. The first-order chi connectivity index (χ1) is 54.8. The van der Waals surface area contributed by atoms with Crippen molar-refractivity contribution < 1.29 is 56.3 Å². The minimum absolute atomic E-state index is 0.208. The largest absolute Gasteiger partial charge is 0.516 e. The number of ether oxygens (including phenoxy) is 8. The molecule has 18 nitrogen and oxygen atoms in total. The van der Waals surface area contributed by atoms with Crippen molar-refractivity contribution >= 4 is 73.9 Å². The average Bonchev–Trinajstić information content (AvgIpc) is 0.880. The predicted molar refractivity (Wildman–Crippen MR) is 462 cm³/mol. The van der Waals surface area contributed by atoms with Gasteiger partial charge in [0.2, 0.25) is 16.6 Å². The molecular formula is C92H103IN6O12Si2. The van der Waals surface area contributed by atoms with E-state index in [2.05, 4.69) is 118 Å². The number of terminal acetylenes is 1. The van der Waals surface area contributed by atoms with Crippen molar-refractivity contribution in [2.24, 2.45) is 0 Å². The third-order valence-corrected chi connectivity index (χ3v) is 19.4. The van der Waals surface area contributed by atoms with Crippen molar-refractivity contribution in [1.82, 2.24) is 9.80 Å². The molecule has 8 aromatic rings. The van der Waals surface area contributed by atoms with Crippen LogP contribution in [0.1, 0.15) is 70.8 Å². The van der Waals surface area contributed by atoms with Gasteiger partial charge in [0, 0.05) is 119 Å². The summed E-state index contributed by atoms with van der Waals surface area (Å²) in [6, 6.07) is 62.2. The van der Waals surface area contributed by atoms with Gasteiger partial charge in [-0.3, -0.25) is 9.80 Å². The monoisotopic (exact) mass is 1670 g/mol. The van der Waals surface area contributed by atoms with Crippen LogP contribution >= 0.6 is 22.6 Å². The van der Waals surface area contributed by atoms with Gasteiger partial charge in [-0.2, -0.15) is 0 Å². The van der Waals surface area contributed by atoms with Crippen molar-refractivity contribution in [3.05, 3.63) is 282 Å². The lowest BCUT2D eigenvalue weighted by molar-refractivity contribution is 0.0211. The molecular weight excluding hydrogens is 1560 g/mol. The summed E-state index contributed by atoms with van der Waals surface area (Å²) in [6.45, 7) is 43.0. The van der Waals surface area contributed by atoms with Crippen LogP contribution in [0.2, 0.25) is 39.3 Å². The number of hydrogen-bond acceptors (Lipinski definition) is 16. The number of hydrogen-bond donors (Lipinski definition) is 0. The molecule has 588 valence electrons. The molecule has 0 atom stereocenters. The third-order valence-electron chi connectivity index (χ3n) is 17.1. The molecule has 2 saturated heterocycles. The number of halogens is 1. The third kappa shape index (κ3) is 35.9. The molecule has 0 spiro atoms. The molecule has 0 aliphatic carbocycles. The van der Waals surface area contributed by atoms with Crippen molar-refractivity contribution in [3.8, 4) is 47.9 Å². The second kappa shape index (κ2) is 49.7. The number of anilines is 2. The zero-order chi connectivity index (χ0) is 80.1. The first-order valence-corrected chi connectivity index (χ1v) is 46.0. The lowest BCUT2D eigenvalue weighted by Gasteiger charge is -2.25. The maximum Gasteiger partial charge on any atom is 0.324 e. The van der Waals surface area contributed by atoms with Crippen LogP contribution in [0.5, 0.6) is 0 Å². The Morgan fingerprint density at radius 2 is 0.593 bits per heavy atom. The first kappa shape index (κ1) is 88.8. The molecule has 113 heavy (non-hydrogen) atoms. The van der Waals surface area contributed by atoms with Crippen LogP contribution in [0, 0.1) is 64.6 Å². The number of benzene rings is 8. The fraction of sp³-hybridized carbons (Fsp3) is 0.348. The summed E-state index contributed by atoms with van der Waals surface area (Å²) in [5.74, 6) is 21.4. The topological polar surface area (TPSA) is 148 Å². The van der Waals surface area contributed by atoms with E-state index in [1.807, 2.05) is 185 Å². The number of carbonyl (C=O) groups is 2. The van der Waals surface area contributed by atoms with Crippen LogP contribution in [0.3, 0.4) is 0 Å². The zero-order valence-corrected chi connectivity index (χ0v) is 70.1. The normalized spacial score (nSPS) is 15.3. The minimum Gasteiger partial charge on any atom is -0.516 e. The van der Waals surface area contributed by atoms with E-state index in [9.17, 15) is 9.59 Å². The van der Waals surface area contributed by atoms with Gasteiger partial charge in [-0.15, -0.1) is 6.42 Å². The molecule has 0 aromatic heterocycles. The van der Waals surface area contributed by atoms with Gasteiger partial charge in [-0.05, 0) is 219 Å². The van der Waals surface area contributed by atoms with E-state index in [4.69, 9.17) is 66.3 Å². The standard InChI is InChI=1S/C46H51N3O6Si.C36H39N3O4.C10H13IO2Si/c1-47-44-21-15-42(16-22-44)37-48-25-29-51-33-35-53-31-27-49(28-32-54-36-34-52-30-26-48)45-23-17-41(18-24-45)12-10-39-7-5-38(6-8-39)9-11-40-13-19-43(20-14-40)46(50)55-56(2,3)4;1-3-31-4-6-32(7-5-31)8-9-33-12-16-36(17-13-33)39-20-24-42-28-26-40-22-18-38(19-23-41-27-29-43-25-21-39)30-34-10-14-35(37-2)15-11-34;1-14(2,3)13-10(12)8-4-6-9(11)7-5-8/h5-8,13-24H,25-37H2,2-4H3;1,4-7,10-17H,18-30H2;4-7H,1-3H3. The Morgan fingerprint density at radius 1 is 0.354 bits per heavy atom. The van der Waals surface area contributed by atoms with Crippen LogP contribution in [0.25, 0.3) is 9.69 Å². The van der Waals surface area contributed by atoms with Crippen LogP contribution in [-0.4, -0.2) is 196 Å². The Morgan fingerprint density at radius 3 is 0.850 bits per heavy atom. The molecule has 10 rings (SSSR count). The van der Waals surface area contributed by atoms with E-state index in [0.29, 0.717) is 128 Å². The highest BCUT2D eigenvalue weighted by Gasteiger charge is 2.22. The van der Waals surface area contributed by atoms with Gasteiger partial charge in [0.25, 0.3) is 0 Å². The molecule has 0 bridgehead atoms. The van der Waals surface area contributed by atoms with E-state index < -0.39 is 16.6 Å². The molecule has 8 aromatic carbocycles. The van der Waals surface area contributed by atoms with Crippen LogP contribution in [-0.2, 0) is 59.8 Å². The highest BCUT2D eigenvalue weighted by Crippen LogP contribution is 2.21. The number of carbonyl (C=O) groups excluding carboxylic acids is 2. The van der Waals surface area contributed by atoms with Crippen molar-refractivity contribution in [1.29, 1.82) is 0 Å². The smallest absolute Gasteiger partial charge is 0.324 e. The minimum atomic E-state index is -1.95. The summed E-state index contributed by atoms with van der Waals surface area (Å²) in [6.07, 6.45) is 5.43. The Kier molecular flexibility index (Phi) is 39.1. The summed E-state index contributed by atoms with van der Waals surface area (Å²) in [4.78, 5) is 40.0. The van der Waals surface area contributed by atoms with E-state index in [1.54, 1.807) is 24.3 Å². The SMILES string of the molecule is C[Si](C)(C)OC(=O)c1ccc(I)cc1.[C-]#[N+]c1ccc(CN2CCOCCOCCN(c3ccc(C#Cc4ccc(C#C)cc4)cc3)CCOCCOCC2)cc1.[C-]#[N+]c1ccc(CN2CCOCCOCCN(c3ccc(C#Cc4ccc(C#Cc5ccc(C(=O)O[Si](C)(C)C)cc5)cc4)cc3)CCOCCOCC2)cc1. The second-order valence-electron chi connectivity index (χ2n) is 28.2. The van der Waals surface area contributed by atoms with Crippen LogP contribution < -0.4 is 9.80 Å². The van der Waals surface area contributed by atoms with Crippen LogP contribution in [0.4, 0.5) is 22.7 Å². The summed E-state index contributed by atoms with van der Waals surface area (Å²) >= 11 is 2.20. The second-order valence-corrected chi connectivity index (χ2v) is 38.3.